The molecule has 1 unspecified atom stereocenters. The first kappa shape index (κ1) is 7.14. The molecule has 1 fully saturated rings. The van der Waals surface area contributed by atoms with Crippen LogP contribution in [0, 0.1) is 0 Å². The van der Waals surface area contributed by atoms with E-state index in [-0.39, 0.29) is 0 Å². The standard InChI is InChI=1S/C9H16N2/c1-8-10-7-9-5-3-2-4-6-11(8)9/h9H,2-7H2,1H3. The van der Waals surface area contributed by atoms with Crippen molar-refractivity contribution in [2.75, 3.05) is 13.1 Å². The maximum Gasteiger partial charge on any atom is 0.0961 e. The number of fused-ring (bicyclic) bond motifs is 1. The maximum atomic E-state index is 4.46. The second-order valence-corrected chi connectivity index (χ2v) is 3.58. The van der Waals surface area contributed by atoms with Crippen LogP contribution < -0.4 is 0 Å². The summed E-state index contributed by atoms with van der Waals surface area (Å²) in [5, 5.41) is 0. The predicted molar refractivity (Wildman–Crippen MR) is 46.9 cm³/mol. The summed E-state index contributed by atoms with van der Waals surface area (Å²) in [6, 6.07) is 0.762. The number of amidine groups is 1. The second kappa shape index (κ2) is 2.84. The molecule has 0 N–H and O–H groups in total. The molecule has 2 rings (SSSR count). The minimum absolute atomic E-state index is 0.762. The Balaban J connectivity index is 2.06. The third-order valence-corrected chi connectivity index (χ3v) is 2.82. The highest BCUT2D eigenvalue weighted by Gasteiger charge is 2.25. The minimum Gasteiger partial charge on any atom is -0.356 e. The van der Waals surface area contributed by atoms with Crippen molar-refractivity contribution in [2.24, 2.45) is 4.99 Å². The smallest absolute Gasteiger partial charge is 0.0961 e. The van der Waals surface area contributed by atoms with E-state index in [0.717, 1.165) is 12.6 Å². The normalized spacial score (nSPS) is 31.2. The van der Waals surface area contributed by atoms with Gasteiger partial charge in [-0.25, -0.2) is 0 Å². The van der Waals surface area contributed by atoms with Gasteiger partial charge in [0.15, 0.2) is 0 Å². The SMILES string of the molecule is CC1=NCC2CCCCCN12. The van der Waals surface area contributed by atoms with Crippen LogP contribution in [0.4, 0.5) is 0 Å². The molecule has 62 valence electrons. The molecule has 2 nitrogen and oxygen atoms in total. The molecule has 2 aliphatic heterocycles. The lowest BCUT2D eigenvalue weighted by molar-refractivity contribution is 0.348. The van der Waals surface area contributed by atoms with Crippen LogP contribution in [0.1, 0.15) is 32.6 Å². The first-order valence-electron chi connectivity index (χ1n) is 4.65. The van der Waals surface area contributed by atoms with E-state index in [1.54, 1.807) is 0 Å². The van der Waals surface area contributed by atoms with Gasteiger partial charge in [-0.15, -0.1) is 0 Å². The van der Waals surface area contributed by atoms with Crippen molar-refractivity contribution in [3.63, 3.8) is 0 Å². The van der Waals surface area contributed by atoms with Crippen LogP contribution >= 0.6 is 0 Å². The van der Waals surface area contributed by atoms with Crippen LogP contribution in [0.3, 0.4) is 0 Å². The Morgan fingerprint density at radius 2 is 2.27 bits per heavy atom. The van der Waals surface area contributed by atoms with Gasteiger partial charge < -0.3 is 4.90 Å². The van der Waals surface area contributed by atoms with Gasteiger partial charge in [-0.3, -0.25) is 4.99 Å². The fraction of sp³-hybridized carbons (Fsp3) is 0.889. The van der Waals surface area contributed by atoms with E-state index in [9.17, 15) is 0 Å². The summed E-state index contributed by atoms with van der Waals surface area (Å²) in [5.41, 5.74) is 0. The summed E-state index contributed by atoms with van der Waals surface area (Å²) in [6.45, 7) is 4.46. The lowest BCUT2D eigenvalue weighted by Gasteiger charge is -2.23. The van der Waals surface area contributed by atoms with Gasteiger partial charge in [0, 0.05) is 12.6 Å². The van der Waals surface area contributed by atoms with Crippen molar-refractivity contribution >= 4 is 5.84 Å². The van der Waals surface area contributed by atoms with Crippen molar-refractivity contribution in [3.05, 3.63) is 0 Å². The largest absolute Gasteiger partial charge is 0.356 e. The van der Waals surface area contributed by atoms with Crippen molar-refractivity contribution < 1.29 is 0 Å². The fourth-order valence-electron chi connectivity index (χ4n) is 2.12. The van der Waals surface area contributed by atoms with Crippen molar-refractivity contribution in [1.29, 1.82) is 0 Å². The highest BCUT2D eigenvalue weighted by Crippen LogP contribution is 2.21. The highest BCUT2D eigenvalue weighted by molar-refractivity contribution is 5.81. The molecule has 0 spiro atoms. The maximum absolute atomic E-state index is 4.46. The monoisotopic (exact) mass is 152 g/mol. The van der Waals surface area contributed by atoms with E-state index in [4.69, 9.17) is 0 Å². The van der Waals surface area contributed by atoms with E-state index in [1.807, 2.05) is 0 Å². The van der Waals surface area contributed by atoms with Crippen LogP contribution in [-0.4, -0.2) is 29.9 Å². The molecule has 1 atom stereocenters. The van der Waals surface area contributed by atoms with Gasteiger partial charge in [0.25, 0.3) is 0 Å². The van der Waals surface area contributed by atoms with Gasteiger partial charge in [0.05, 0.1) is 12.4 Å². The van der Waals surface area contributed by atoms with Gasteiger partial charge in [0.2, 0.25) is 0 Å². The summed E-state index contributed by atoms with van der Waals surface area (Å²) in [5.74, 6) is 1.27. The van der Waals surface area contributed by atoms with E-state index >= 15 is 0 Å². The number of rotatable bonds is 0. The zero-order valence-electron chi connectivity index (χ0n) is 7.21. The molecule has 0 radical (unpaired) electrons. The number of nitrogens with zero attached hydrogens (tertiary/aromatic N) is 2. The zero-order chi connectivity index (χ0) is 7.68. The van der Waals surface area contributed by atoms with Crippen molar-refractivity contribution in [2.45, 2.75) is 38.6 Å². The van der Waals surface area contributed by atoms with Crippen LogP contribution in [0.5, 0.6) is 0 Å². The molecule has 2 heteroatoms. The Labute approximate surface area is 68.3 Å². The molecule has 11 heavy (non-hydrogen) atoms. The van der Waals surface area contributed by atoms with E-state index in [2.05, 4.69) is 16.8 Å². The van der Waals surface area contributed by atoms with Gasteiger partial charge in [-0.05, 0) is 19.8 Å². The molecule has 1 saturated heterocycles. The Hall–Kier alpha value is -0.530. The van der Waals surface area contributed by atoms with Crippen LogP contribution in [0.2, 0.25) is 0 Å². The summed E-state index contributed by atoms with van der Waals surface area (Å²) in [6.07, 6.45) is 5.55. The van der Waals surface area contributed by atoms with E-state index in [1.165, 1.54) is 38.1 Å². The number of hydrogen-bond acceptors (Lipinski definition) is 2. The fourth-order valence-corrected chi connectivity index (χ4v) is 2.12. The molecule has 0 bridgehead atoms. The Morgan fingerprint density at radius 1 is 1.36 bits per heavy atom. The number of hydrogen-bond donors (Lipinski definition) is 0. The van der Waals surface area contributed by atoms with E-state index in [0.29, 0.717) is 0 Å². The average molecular weight is 152 g/mol. The Bertz CT molecular complexity index is 174. The number of aliphatic imine (C=N–C) groups is 1. The lowest BCUT2D eigenvalue weighted by Crippen LogP contribution is -2.34. The molecular weight excluding hydrogens is 136 g/mol. The first-order chi connectivity index (χ1) is 5.38. The second-order valence-electron chi connectivity index (χ2n) is 3.58. The van der Waals surface area contributed by atoms with Gasteiger partial charge in [-0.2, -0.15) is 0 Å². The minimum atomic E-state index is 0.762. The first-order valence-corrected chi connectivity index (χ1v) is 4.65. The third-order valence-electron chi connectivity index (χ3n) is 2.82. The Morgan fingerprint density at radius 3 is 3.18 bits per heavy atom. The van der Waals surface area contributed by atoms with Gasteiger partial charge in [0.1, 0.15) is 0 Å². The molecule has 0 aromatic heterocycles. The zero-order valence-corrected chi connectivity index (χ0v) is 7.21. The summed E-state index contributed by atoms with van der Waals surface area (Å²) < 4.78 is 0. The van der Waals surface area contributed by atoms with Gasteiger partial charge in [-0.1, -0.05) is 12.8 Å². The Kier molecular flexibility index (Phi) is 1.84. The van der Waals surface area contributed by atoms with Gasteiger partial charge >= 0.3 is 0 Å². The van der Waals surface area contributed by atoms with Crippen molar-refractivity contribution in [3.8, 4) is 0 Å². The van der Waals surface area contributed by atoms with Crippen molar-refractivity contribution in [1.82, 2.24) is 4.90 Å². The quantitative estimate of drug-likeness (QED) is 0.515. The molecule has 0 aromatic carbocycles. The summed E-state index contributed by atoms with van der Waals surface area (Å²) in [7, 11) is 0. The highest BCUT2D eigenvalue weighted by atomic mass is 15.3. The average Bonchev–Trinajstić information content (AvgIpc) is 2.25. The molecule has 0 aromatic rings. The summed E-state index contributed by atoms with van der Waals surface area (Å²) >= 11 is 0. The third kappa shape index (κ3) is 1.26. The lowest BCUT2D eigenvalue weighted by atomic mass is 10.1. The molecule has 2 heterocycles. The van der Waals surface area contributed by atoms with Crippen LogP contribution in [0.15, 0.2) is 4.99 Å². The topological polar surface area (TPSA) is 15.6 Å². The molecule has 0 aliphatic carbocycles. The molecule has 2 aliphatic rings. The van der Waals surface area contributed by atoms with Crippen LogP contribution in [-0.2, 0) is 0 Å². The van der Waals surface area contributed by atoms with E-state index < -0.39 is 0 Å². The molecule has 0 saturated carbocycles. The molecular formula is C9H16N2. The summed E-state index contributed by atoms with van der Waals surface area (Å²) in [4.78, 5) is 6.96. The van der Waals surface area contributed by atoms with Crippen LogP contribution in [0.25, 0.3) is 0 Å². The predicted octanol–water partition coefficient (Wildman–Crippen LogP) is 1.66. The molecule has 0 amide bonds.